The summed E-state index contributed by atoms with van der Waals surface area (Å²) in [5, 5.41) is 46.3. The number of aliphatic hydroxyl groups is 2. The zero-order valence-corrected chi connectivity index (χ0v) is 20.2. The van der Waals surface area contributed by atoms with Crippen molar-refractivity contribution < 1.29 is 20.1 Å². The first-order valence-electron chi connectivity index (χ1n) is 11.6. The minimum atomic E-state index is -0.610. The summed E-state index contributed by atoms with van der Waals surface area (Å²) in [5.41, 5.74) is 1.71. The third-order valence-corrected chi connectivity index (χ3v) is 5.80. The number of amides is 1. The molecule has 0 bridgehead atoms. The molecule has 0 unspecified atom stereocenters. The highest BCUT2D eigenvalue weighted by molar-refractivity contribution is 6.11. The van der Waals surface area contributed by atoms with Crippen LogP contribution in [-0.4, -0.2) is 41.0 Å². The third kappa shape index (κ3) is 5.03. The second-order valence-corrected chi connectivity index (χ2v) is 8.27. The van der Waals surface area contributed by atoms with Gasteiger partial charge in [0.15, 0.2) is 11.6 Å². The number of hydrogen-bond donors (Lipinski definition) is 4. The van der Waals surface area contributed by atoms with Gasteiger partial charge in [-0.05, 0) is 46.8 Å². The Bertz CT molecular complexity index is 1740. The number of azo groups is 1. The molecule has 39 heavy (non-hydrogen) atoms. The normalized spacial score (nSPS) is 11.1. The van der Waals surface area contributed by atoms with Gasteiger partial charge in [0, 0.05) is 23.5 Å². The molecule has 192 valence electrons. The van der Waals surface area contributed by atoms with E-state index in [1.165, 1.54) is 29.3 Å². The van der Waals surface area contributed by atoms with Gasteiger partial charge < -0.3 is 20.6 Å². The van der Waals surface area contributed by atoms with E-state index in [-0.39, 0.29) is 41.9 Å². The fourth-order valence-electron chi connectivity index (χ4n) is 3.84. The van der Waals surface area contributed by atoms with Crippen molar-refractivity contribution in [1.82, 2.24) is 19.7 Å². The lowest BCUT2D eigenvalue weighted by atomic mass is 10.0. The molecule has 5 aromatic rings. The van der Waals surface area contributed by atoms with Gasteiger partial charge in [0.1, 0.15) is 5.69 Å². The molecular formula is C27H20N8O4. The van der Waals surface area contributed by atoms with Crippen molar-refractivity contribution in [3.05, 3.63) is 101 Å². The molecule has 0 saturated carbocycles. The average Bonchev–Trinajstić information content (AvgIpc) is 3.39. The van der Waals surface area contributed by atoms with Gasteiger partial charge in [-0.15, -0.1) is 10.2 Å². The lowest BCUT2D eigenvalue weighted by Crippen LogP contribution is -2.12. The highest BCUT2D eigenvalue weighted by atomic mass is 16.3. The zero-order chi connectivity index (χ0) is 27.4. The fraction of sp³-hybridized carbons (Fsp3) is 0.0741. The molecule has 2 heterocycles. The summed E-state index contributed by atoms with van der Waals surface area (Å²) in [7, 11) is 0. The number of aromatic hydroxyl groups is 1. The van der Waals surface area contributed by atoms with Crippen LogP contribution < -0.4 is 5.32 Å². The number of benzene rings is 3. The van der Waals surface area contributed by atoms with Crippen molar-refractivity contribution in [3.8, 4) is 11.7 Å². The summed E-state index contributed by atoms with van der Waals surface area (Å²) >= 11 is 0. The van der Waals surface area contributed by atoms with Crippen molar-refractivity contribution in [2.24, 2.45) is 10.2 Å². The number of hydrogen-bond acceptors (Lipinski definition) is 9. The Balaban J connectivity index is 1.61. The lowest BCUT2D eigenvalue weighted by Gasteiger charge is -2.12. The average molecular weight is 521 g/mol. The highest BCUT2D eigenvalue weighted by Gasteiger charge is 2.20. The fourth-order valence-corrected chi connectivity index (χ4v) is 3.84. The highest BCUT2D eigenvalue weighted by Crippen LogP contribution is 2.41. The van der Waals surface area contributed by atoms with Gasteiger partial charge in [-0.3, -0.25) is 4.79 Å². The van der Waals surface area contributed by atoms with Crippen molar-refractivity contribution in [3.63, 3.8) is 0 Å². The summed E-state index contributed by atoms with van der Waals surface area (Å²) < 4.78 is 1.24. The van der Waals surface area contributed by atoms with Gasteiger partial charge in [0.25, 0.3) is 17.5 Å². The number of nitrogens with zero attached hydrogens (tertiary/aromatic N) is 7. The van der Waals surface area contributed by atoms with Crippen LogP contribution in [0.3, 0.4) is 0 Å². The number of carbonyl (C=O) groups is 1. The van der Waals surface area contributed by atoms with Crippen LogP contribution in [0.15, 0.2) is 83.4 Å². The maximum Gasteiger partial charge on any atom is 0.259 e. The van der Waals surface area contributed by atoms with Crippen LogP contribution in [-0.2, 0) is 13.2 Å². The van der Waals surface area contributed by atoms with E-state index in [0.29, 0.717) is 27.6 Å². The minimum absolute atomic E-state index is 0.0181. The quantitative estimate of drug-likeness (QED) is 0.178. The number of nitrogens with one attached hydrogen (secondary N) is 1. The van der Waals surface area contributed by atoms with Crippen LogP contribution in [0.4, 0.5) is 22.9 Å². The lowest BCUT2D eigenvalue weighted by molar-refractivity contribution is 0.102. The molecule has 0 aliphatic heterocycles. The summed E-state index contributed by atoms with van der Waals surface area (Å²) in [4.78, 5) is 24.9. The number of fused-ring (bicyclic) bond motifs is 1. The molecule has 0 fully saturated rings. The maximum atomic E-state index is 13.2. The molecule has 0 radical (unpaired) electrons. The first-order chi connectivity index (χ1) is 19.0. The van der Waals surface area contributed by atoms with Crippen LogP contribution in [0.25, 0.3) is 21.6 Å². The Morgan fingerprint density at radius 1 is 1.00 bits per heavy atom. The van der Waals surface area contributed by atoms with E-state index in [0.717, 1.165) is 0 Å². The number of rotatable bonds is 7. The molecule has 0 aliphatic rings. The molecule has 0 atom stereocenters. The zero-order valence-electron chi connectivity index (χ0n) is 20.2. The van der Waals surface area contributed by atoms with Crippen molar-refractivity contribution in [2.45, 2.75) is 13.2 Å². The molecule has 2 aromatic heterocycles. The summed E-state index contributed by atoms with van der Waals surface area (Å²) in [6.45, 7) is 7.12. The van der Waals surface area contributed by atoms with E-state index < -0.39 is 11.7 Å². The predicted octanol–water partition coefficient (Wildman–Crippen LogP) is 4.72. The molecule has 12 heteroatoms. The van der Waals surface area contributed by atoms with Crippen molar-refractivity contribution in [2.75, 3.05) is 5.32 Å². The monoisotopic (exact) mass is 520 g/mol. The SMILES string of the molecule is [C-]#[N+]c1cnn(-c2ncccn2)c1/N=N/c1c(O)c(C(=O)Nc2ccc(CO)cc2)cc2cc(CO)ccc12. The van der Waals surface area contributed by atoms with E-state index >= 15 is 0 Å². The minimum Gasteiger partial charge on any atom is -0.505 e. The van der Waals surface area contributed by atoms with Crippen LogP contribution in [0.5, 0.6) is 5.75 Å². The molecule has 5 rings (SSSR count). The van der Waals surface area contributed by atoms with Crippen LogP contribution in [0, 0.1) is 6.57 Å². The molecule has 1 amide bonds. The number of aromatic nitrogens is 4. The molecule has 12 nitrogen and oxygen atoms in total. The Hall–Kier alpha value is -5.51. The van der Waals surface area contributed by atoms with E-state index in [1.807, 2.05) is 0 Å². The first-order valence-corrected chi connectivity index (χ1v) is 11.6. The van der Waals surface area contributed by atoms with E-state index in [1.54, 1.807) is 48.5 Å². The van der Waals surface area contributed by atoms with Gasteiger partial charge in [0.05, 0.1) is 31.5 Å². The number of phenolic OH excluding ortho intramolecular Hbond substituents is 1. The second kappa shape index (κ2) is 10.9. The van der Waals surface area contributed by atoms with Crippen LogP contribution in [0.2, 0.25) is 0 Å². The van der Waals surface area contributed by atoms with E-state index in [4.69, 9.17) is 6.57 Å². The second-order valence-electron chi connectivity index (χ2n) is 8.27. The summed E-state index contributed by atoms with van der Waals surface area (Å²) in [6, 6.07) is 14.7. The Kier molecular flexibility index (Phi) is 7.00. The number of carbonyl (C=O) groups excluding carboxylic acids is 1. The number of aliphatic hydroxyl groups excluding tert-OH is 2. The maximum absolute atomic E-state index is 13.2. The summed E-state index contributed by atoms with van der Waals surface area (Å²) in [5.74, 6) is -0.835. The molecule has 0 saturated heterocycles. The van der Waals surface area contributed by atoms with Crippen molar-refractivity contribution in [1.29, 1.82) is 0 Å². The predicted molar refractivity (Wildman–Crippen MR) is 141 cm³/mol. The third-order valence-electron chi connectivity index (χ3n) is 5.80. The van der Waals surface area contributed by atoms with Crippen molar-refractivity contribution >= 4 is 39.6 Å². The molecule has 0 aliphatic carbocycles. The Morgan fingerprint density at radius 3 is 2.41 bits per heavy atom. The molecular weight excluding hydrogens is 500 g/mol. The first kappa shape index (κ1) is 25.2. The topological polar surface area (TPSA) is 162 Å². The van der Waals surface area contributed by atoms with Gasteiger partial charge >= 0.3 is 0 Å². The Morgan fingerprint density at radius 2 is 1.72 bits per heavy atom. The smallest absolute Gasteiger partial charge is 0.259 e. The molecule has 0 spiro atoms. The Labute approximate surface area is 221 Å². The largest absolute Gasteiger partial charge is 0.505 e. The van der Waals surface area contributed by atoms with Crippen LogP contribution >= 0.6 is 0 Å². The van der Waals surface area contributed by atoms with Gasteiger partial charge in [0.2, 0.25) is 0 Å². The van der Waals surface area contributed by atoms with E-state index in [2.05, 4.69) is 35.5 Å². The van der Waals surface area contributed by atoms with Gasteiger partial charge in [-0.25, -0.2) is 14.8 Å². The van der Waals surface area contributed by atoms with Crippen LogP contribution in [0.1, 0.15) is 21.5 Å². The molecule has 3 aromatic carbocycles. The molecule has 4 N–H and O–H groups in total. The summed E-state index contributed by atoms with van der Waals surface area (Å²) in [6.07, 6.45) is 4.33. The van der Waals surface area contributed by atoms with Gasteiger partial charge in [-0.1, -0.05) is 24.3 Å². The number of anilines is 1. The van der Waals surface area contributed by atoms with Gasteiger partial charge in [-0.2, -0.15) is 9.78 Å². The van der Waals surface area contributed by atoms with E-state index in [9.17, 15) is 20.1 Å². The standard InChI is InChI=1S/C27H20N8O4/c1-28-22-13-31-35(27-29-9-2-10-30-27)25(22)34-33-23-20-8-5-17(15-37)11-18(20)12-21(24(23)38)26(39)32-19-6-3-16(14-36)4-7-19/h2-13,36-38H,14-15H2,(H,32,39)/b34-33+. The number of phenols is 1.